The minimum atomic E-state index is -0.103. The summed E-state index contributed by atoms with van der Waals surface area (Å²) in [7, 11) is 1.54. The van der Waals surface area contributed by atoms with E-state index in [1.54, 1.807) is 24.3 Å². The van der Waals surface area contributed by atoms with Gasteiger partial charge >= 0.3 is 0 Å². The molecule has 7 heteroatoms. The van der Waals surface area contributed by atoms with Gasteiger partial charge in [-0.1, -0.05) is 0 Å². The maximum absolute atomic E-state index is 12.8. The van der Waals surface area contributed by atoms with Crippen molar-refractivity contribution < 1.29 is 19.0 Å². The number of piperidine rings is 1. The van der Waals surface area contributed by atoms with E-state index in [4.69, 9.17) is 14.2 Å². The van der Waals surface area contributed by atoms with Gasteiger partial charge in [-0.25, -0.2) is 0 Å². The number of amides is 1. The van der Waals surface area contributed by atoms with Crippen LogP contribution in [0.2, 0.25) is 0 Å². The van der Waals surface area contributed by atoms with Crippen molar-refractivity contribution in [2.75, 3.05) is 20.2 Å². The van der Waals surface area contributed by atoms with E-state index in [-0.39, 0.29) is 18.1 Å². The second kappa shape index (κ2) is 8.70. The highest BCUT2D eigenvalue weighted by atomic mass is 16.5. The number of hydrogen-bond acceptors (Lipinski definition) is 6. The Morgan fingerprint density at radius 3 is 2.44 bits per heavy atom. The SMILES string of the molecule is COc1ccc(OC2CCCN(C(=O)c3ccc(OC(C)C)cc3)C2)nn1. The summed E-state index contributed by atoms with van der Waals surface area (Å²) in [6, 6.07) is 10.7. The lowest BCUT2D eigenvalue weighted by Crippen LogP contribution is -2.44. The molecule has 2 aromatic rings. The molecule has 1 unspecified atom stereocenters. The number of nitrogens with zero attached hydrogens (tertiary/aromatic N) is 3. The van der Waals surface area contributed by atoms with Crippen LogP contribution in [-0.4, -0.2) is 53.4 Å². The molecule has 1 saturated heterocycles. The largest absolute Gasteiger partial charge is 0.491 e. The van der Waals surface area contributed by atoms with Crippen molar-refractivity contribution in [1.82, 2.24) is 15.1 Å². The minimum absolute atomic E-state index is 0.000196. The molecule has 1 amide bonds. The van der Waals surface area contributed by atoms with Gasteiger partial charge in [-0.15, -0.1) is 10.2 Å². The smallest absolute Gasteiger partial charge is 0.253 e. The highest BCUT2D eigenvalue weighted by Gasteiger charge is 2.26. The number of aromatic nitrogens is 2. The van der Waals surface area contributed by atoms with E-state index in [2.05, 4.69) is 10.2 Å². The molecule has 0 radical (unpaired) electrons. The number of carbonyl (C=O) groups is 1. The highest BCUT2D eigenvalue weighted by Crippen LogP contribution is 2.20. The number of rotatable bonds is 6. The van der Waals surface area contributed by atoms with Crippen LogP contribution in [0.3, 0.4) is 0 Å². The molecule has 3 rings (SSSR count). The fraction of sp³-hybridized carbons (Fsp3) is 0.450. The maximum atomic E-state index is 12.8. The molecule has 1 aromatic heterocycles. The van der Waals surface area contributed by atoms with E-state index in [1.165, 1.54) is 7.11 Å². The summed E-state index contributed by atoms with van der Waals surface area (Å²) in [5.74, 6) is 1.64. The van der Waals surface area contributed by atoms with Crippen LogP contribution in [0.25, 0.3) is 0 Å². The Bertz CT molecular complexity index is 747. The standard InChI is InChI=1S/C20H25N3O4/c1-14(2)26-16-8-6-15(7-9-16)20(24)23-12-4-5-17(13-23)27-19-11-10-18(25-3)21-22-19/h6-11,14,17H,4-5,12-13H2,1-3H3. The second-order valence-corrected chi connectivity index (χ2v) is 6.74. The molecule has 0 saturated carbocycles. The van der Waals surface area contributed by atoms with Crippen molar-refractivity contribution in [3.05, 3.63) is 42.0 Å². The molecule has 1 aliphatic heterocycles. The zero-order chi connectivity index (χ0) is 19.2. The third-order valence-corrected chi connectivity index (χ3v) is 4.25. The van der Waals surface area contributed by atoms with Crippen LogP contribution in [-0.2, 0) is 0 Å². The average Bonchev–Trinajstić information content (AvgIpc) is 2.68. The fourth-order valence-electron chi connectivity index (χ4n) is 3.00. The number of benzene rings is 1. The van der Waals surface area contributed by atoms with E-state index < -0.39 is 0 Å². The average molecular weight is 371 g/mol. The van der Waals surface area contributed by atoms with Gasteiger partial charge in [-0.05, 0) is 51.0 Å². The first kappa shape index (κ1) is 18.9. The van der Waals surface area contributed by atoms with Crippen molar-refractivity contribution in [2.24, 2.45) is 0 Å². The zero-order valence-electron chi connectivity index (χ0n) is 15.9. The Morgan fingerprint density at radius 2 is 1.81 bits per heavy atom. The number of likely N-dealkylation sites (tertiary alicyclic amines) is 1. The molecule has 2 heterocycles. The molecule has 0 bridgehead atoms. The van der Waals surface area contributed by atoms with E-state index in [1.807, 2.05) is 30.9 Å². The summed E-state index contributed by atoms with van der Waals surface area (Å²) in [5, 5.41) is 7.89. The Hall–Kier alpha value is -2.83. The van der Waals surface area contributed by atoms with Gasteiger partial charge in [0.1, 0.15) is 11.9 Å². The number of methoxy groups -OCH3 is 1. The van der Waals surface area contributed by atoms with Crippen LogP contribution < -0.4 is 14.2 Å². The van der Waals surface area contributed by atoms with E-state index in [9.17, 15) is 4.79 Å². The molecule has 1 aromatic carbocycles. The van der Waals surface area contributed by atoms with Crippen LogP contribution in [0.5, 0.6) is 17.5 Å². The summed E-state index contributed by atoms with van der Waals surface area (Å²) in [4.78, 5) is 14.6. The van der Waals surface area contributed by atoms with Crippen molar-refractivity contribution in [2.45, 2.75) is 38.9 Å². The third-order valence-electron chi connectivity index (χ3n) is 4.25. The van der Waals surface area contributed by atoms with Gasteiger partial charge in [0.15, 0.2) is 0 Å². The first-order valence-corrected chi connectivity index (χ1v) is 9.15. The van der Waals surface area contributed by atoms with Crippen molar-refractivity contribution in [1.29, 1.82) is 0 Å². The number of carbonyl (C=O) groups excluding carboxylic acids is 1. The van der Waals surface area contributed by atoms with Crippen LogP contribution in [0.4, 0.5) is 0 Å². The molecule has 1 aliphatic rings. The first-order chi connectivity index (χ1) is 13.0. The molecule has 0 N–H and O–H groups in total. The Kier molecular flexibility index (Phi) is 6.11. The molecule has 7 nitrogen and oxygen atoms in total. The molecular weight excluding hydrogens is 346 g/mol. The van der Waals surface area contributed by atoms with Crippen molar-refractivity contribution in [3.8, 4) is 17.5 Å². The molecule has 1 fully saturated rings. The quantitative estimate of drug-likeness (QED) is 0.777. The van der Waals surface area contributed by atoms with Crippen LogP contribution in [0, 0.1) is 0 Å². The zero-order valence-corrected chi connectivity index (χ0v) is 15.9. The fourth-order valence-corrected chi connectivity index (χ4v) is 3.00. The molecular formula is C20H25N3O4. The summed E-state index contributed by atoms with van der Waals surface area (Å²) in [6.07, 6.45) is 1.76. The Balaban J connectivity index is 1.60. The van der Waals surface area contributed by atoms with Gasteiger partial charge in [0.05, 0.1) is 19.8 Å². The third kappa shape index (κ3) is 5.09. The lowest BCUT2D eigenvalue weighted by Gasteiger charge is -2.32. The lowest BCUT2D eigenvalue weighted by atomic mass is 10.1. The summed E-state index contributed by atoms with van der Waals surface area (Å²) in [6.45, 7) is 5.19. The van der Waals surface area contributed by atoms with Gasteiger partial charge < -0.3 is 19.1 Å². The molecule has 0 spiro atoms. The maximum Gasteiger partial charge on any atom is 0.253 e. The first-order valence-electron chi connectivity index (χ1n) is 9.15. The molecule has 27 heavy (non-hydrogen) atoms. The summed E-state index contributed by atoms with van der Waals surface area (Å²) < 4.78 is 16.5. The number of hydrogen-bond donors (Lipinski definition) is 0. The monoisotopic (exact) mass is 371 g/mol. The normalized spacial score (nSPS) is 16.9. The van der Waals surface area contributed by atoms with Crippen LogP contribution in [0.1, 0.15) is 37.0 Å². The van der Waals surface area contributed by atoms with E-state index >= 15 is 0 Å². The van der Waals surface area contributed by atoms with Gasteiger partial charge in [0.25, 0.3) is 5.91 Å². The van der Waals surface area contributed by atoms with Crippen molar-refractivity contribution >= 4 is 5.91 Å². The predicted octanol–water partition coefficient (Wildman–Crippen LogP) is 2.96. The van der Waals surface area contributed by atoms with Gasteiger partial charge in [0.2, 0.25) is 11.8 Å². The molecule has 0 aliphatic carbocycles. The van der Waals surface area contributed by atoms with Gasteiger partial charge in [0, 0.05) is 24.2 Å². The second-order valence-electron chi connectivity index (χ2n) is 6.74. The Labute approximate surface area is 159 Å². The lowest BCUT2D eigenvalue weighted by molar-refractivity contribution is 0.0525. The number of ether oxygens (including phenoxy) is 3. The molecule has 1 atom stereocenters. The highest BCUT2D eigenvalue weighted by molar-refractivity contribution is 5.94. The van der Waals surface area contributed by atoms with Gasteiger partial charge in [-0.3, -0.25) is 4.79 Å². The topological polar surface area (TPSA) is 73.8 Å². The summed E-state index contributed by atoms with van der Waals surface area (Å²) >= 11 is 0. The van der Waals surface area contributed by atoms with Crippen LogP contribution >= 0.6 is 0 Å². The van der Waals surface area contributed by atoms with Gasteiger partial charge in [-0.2, -0.15) is 0 Å². The van der Waals surface area contributed by atoms with E-state index in [0.29, 0.717) is 23.9 Å². The predicted molar refractivity (Wildman–Crippen MR) is 100 cm³/mol. The molecule has 144 valence electrons. The van der Waals surface area contributed by atoms with Crippen molar-refractivity contribution in [3.63, 3.8) is 0 Å². The van der Waals surface area contributed by atoms with Crippen LogP contribution in [0.15, 0.2) is 36.4 Å². The summed E-state index contributed by atoms with van der Waals surface area (Å²) in [5.41, 5.74) is 0.649. The van der Waals surface area contributed by atoms with E-state index in [0.717, 1.165) is 25.1 Å². The minimum Gasteiger partial charge on any atom is -0.491 e. The Morgan fingerprint density at radius 1 is 1.11 bits per heavy atom.